The summed E-state index contributed by atoms with van der Waals surface area (Å²) in [6.07, 6.45) is 5.39. The van der Waals surface area contributed by atoms with Gasteiger partial charge in [0, 0.05) is 12.2 Å². The maximum Gasteiger partial charge on any atom is 0.253 e. The number of nitrogens with one attached hydrogen (secondary N) is 2. The van der Waals surface area contributed by atoms with Gasteiger partial charge in [-0.1, -0.05) is 17.7 Å². The van der Waals surface area contributed by atoms with E-state index in [1.54, 1.807) is 18.5 Å². The summed E-state index contributed by atoms with van der Waals surface area (Å²) in [4.78, 5) is 16.2. The minimum absolute atomic E-state index is 0.0784. The van der Waals surface area contributed by atoms with Crippen LogP contribution in [0.2, 0.25) is 5.02 Å². The fourth-order valence-electron chi connectivity index (χ4n) is 2.35. The van der Waals surface area contributed by atoms with Gasteiger partial charge in [-0.2, -0.15) is 0 Å². The number of nitrogens with zero attached hydrogens (tertiary/aromatic N) is 1. The van der Waals surface area contributed by atoms with Crippen molar-refractivity contribution >= 4 is 28.9 Å². The normalized spacial score (nSPS) is 13.8. The second kappa shape index (κ2) is 5.97. The summed E-state index contributed by atoms with van der Waals surface area (Å²) in [6.45, 7) is 4.01. The fourth-order valence-corrected chi connectivity index (χ4v) is 2.72. The molecule has 1 aliphatic carbocycles. The number of rotatable bonds is 4. The standard InChI is InChI=1S/C17H18ClN3O/c1-10-5-11(2)16(15(18)6-10)20-14-7-12(8-19-9-14)17(22)21-13-3-4-13/h5-9,13,20H,3-4H2,1-2H3,(H,21,22). The molecule has 1 aromatic carbocycles. The van der Waals surface area contributed by atoms with Crippen LogP contribution in [0.4, 0.5) is 11.4 Å². The van der Waals surface area contributed by atoms with E-state index < -0.39 is 0 Å². The molecule has 1 saturated carbocycles. The fraction of sp³-hybridized carbons (Fsp3) is 0.294. The molecule has 0 atom stereocenters. The minimum atomic E-state index is -0.0784. The van der Waals surface area contributed by atoms with E-state index in [-0.39, 0.29) is 5.91 Å². The number of pyridine rings is 1. The van der Waals surface area contributed by atoms with E-state index in [2.05, 4.69) is 21.7 Å². The molecule has 0 spiro atoms. The molecule has 2 N–H and O–H groups in total. The average Bonchev–Trinajstić information content (AvgIpc) is 3.27. The van der Waals surface area contributed by atoms with Crippen LogP contribution in [0.1, 0.15) is 34.3 Å². The first-order chi connectivity index (χ1) is 10.5. The molecule has 1 amide bonds. The van der Waals surface area contributed by atoms with Gasteiger partial charge < -0.3 is 10.6 Å². The molecule has 3 rings (SSSR count). The summed E-state index contributed by atoms with van der Waals surface area (Å²) >= 11 is 6.30. The number of carbonyl (C=O) groups excluding carboxylic acids is 1. The van der Waals surface area contributed by atoms with E-state index in [1.807, 2.05) is 19.9 Å². The Morgan fingerprint density at radius 1 is 1.23 bits per heavy atom. The van der Waals surface area contributed by atoms with Gasteiger partial charge in [-0.15, -0.1) is 0 Å². The number of anilines is 2. The SMILES string of the molecule is Cc1cc(C)c(Nc2cncc(C(=O)NC3CC3)c2)c(Cl)c1. The first-order valence-corrected chi connectivity index (χ1v) is 7.70. The molecule has 2 aromatic rings. The third-order valence-electron chi connectivity index (χ3n) is 3.61. The molecule has 114 valence electrons. The molecule has 0 radical (unpaired) electrons. The highest BCUT2D eigenvalue weighted by atomic mass is 35.5. The molecule has 0 saturated heterocycles. The molecule has 1 fully saturated rings. The number of carbonyl (C=O) groups is 1. The van der Waals surface area contributed by atoms with Gasteiger partial charge in [-0.3, -0.25) is 9.78 Å². The monoisotopic (exact) mass is 315 g/mol. The van der Waals surface area contributed by atoms with E-state index in [9.17, 15) is 4.79 Å². The second-order valence-corrected chi connectivity index (χ2v) is 6.18. The van der Waals surface area contributed by atoms with Crippen LogP contribution in [0.3, 0.4) is 0 Å². The Labute approximate surface area is 134 Å². The second-order valence-electron chi connectivity index (χ2n) is 5.77. The zero-order valence-corrected chi connectivity index (χ0v) is 13.4. The lowest BCUT2D eigenvalue weighted by Gasteiger charge is -2.13. The summed E-state index contributed by atoms with van der Waals surface area (Å²) in [5.41, 5.74) is 4.31. The first-order valence-electron chi connectivity index (χ1n) is 7.32. The third-order valence-corrected chi connectivity index (χ3v) is 3.91. The maximum atomic E-state index is 12.1. The van der Waals surface area contributed by atoms with Crippen molar-refractivity contribution in [1.82, 2.24) is 10.3 Å². The summed E-state index contributed by atoms with van der Waals surface area (Å²) in [7, 11) is 0. The van der Waals surface area contributed by atoms with Gasteiger partial charge >= 0.3 is 0 Å². The number of aromatic nitrogens is 1. The van der Waals surface area contributed by atoms with Crippen LogP contribution in [0.25, 0.3) is 0 Å². The predicted molar refractivity (Wildman–Crippen MR) is 88.9 cm³/mol. The van der Waals surface area contributed by atoms with Crippen molar-refractivity contribution in [2.45, 2.75) is 32.7 Å². The quantitative estimate of drug-likeness (QED) is 0.897. The lowest BCUT2D eigenvalue weighted by atomic mass is 10.1. The number of benzene rings is 1. The Morgan fingerprint density at radius 3 is 2.68 bits per heavy atom. The predicted octanol–water partition coefficient (Wildman–Crippen LogP) is 3.99. The van der Waals surface area contributed by atoms with Gasteiger partial charge in [0.15, 0.2) is 0 Å². The smallest absolute Gasteiger partial charge is 0.253 e. The summed E-state index contributed by atoms with van der Waals surface area (Å²) < 4.78 is 0. The first kappa shape index (κ1) is 14.9. The van der Waals surface area contributed by atoms with Crippen LogP contribution >= 0.6 is 11.6 Å². The Kier molecular flexibility index (Phi) is 4.03. The van der Waals surface area contributed by atoms with Crippen molar-refractivity contribution in [1.29, 1.82) is 0 Å². The third kappa shape index (κ3) is 3.39. The molecule has 5 heteroatoms. The van der Waals surface area contributed by atoms with Crippen LogP contribution in [-0.2, 0) is 0 Å². The zero-order chi connectivity index (χ0) is 15.7. The molecule has 1 heterocycles. The summed E-state index contributed by atoms with van der Waals surface area (Å²) in [6, 6.07) is 6.09. The van der Waals surface area contributed by atoms with E-state index in [4.69, 9.17) is 11.6 Å². The summed E-state index contributed by atoms with van der Waals surface area (Å²) in [5.74, 6) is -0.0784. The van der Waals surface area contributed by atoms with Gasteiger partial charge in [0.25, 0.3) is 5.91 Å². The van der Waals surface area contributed by atoms with Crippen molar-refractivity contribution in [2.75, 3.05) is 5.32 Å². The molecule has 0 unspecified atom stereocenters. The Hall–Kier alpha value is -2.07. The lowest BCUT2D eigenvalue weighted by molar-refractivity contribution is 0.0951. The Morgan fingerprint density at radius 2 is 2.00 bits per heavy atom. The lowest BCUT2D eigenvalue weighted by Crippen LogP contribution is -2.25. The minimum Gasteiger partial charge on any atom is -0.353 e. The maximum absolute atomic E-state index is 12.1. The van der Waals surface area contributed by atoms with E-state index in [1.165, 1.54) is 0 Å². The largest absolute Gasteiger partial charge is 0.353 e. The molecule has 1 aromatic heterocycles. The molecule has 4 nitrogen and oxygen atoms in total. The molecular weight excluding hydrogens is 298 g/mol. The van der Waals surface area contributed by atoms with Crippen molar-refractivity contribution in [3.05, 3.63) is 52.3 Å². The molecule has 0 aliphatic heterocycles. The molecule has 22 heavy (non-hydrogen) atoms. The van der Waals surface area contributed by atoms with E-state index >= 15 is 0 Å². The van der Waals surface area contributed by atoms with Crippen molar-refractivity contribution in [3.8, 4) is 0 Å². The topological polar surface area (TPSA) is 54.0 Å². The molecule has 0 bridgehead atoms. The Balaban J connectivity index is 1.82. The van der Waals surface area contributed by atoms with Gasteiger partial charge in [0.2, 0.25) is 0 Å². The van der Waals surface area contributed by atoms with Gasteiger partial charge in [-0.05, 0) is 49.9 Å². The van der Waals surface area contributed by atoms with Crippen LogP contribution in [0.5, 0.6) is 0 Å². The highest BCUT2D eigenvalue weighted by molar-refractivity contribution is 6.33. The highest BCUT2D eigenvalue weighted by Gasteiger charge is 2.24. The summed E-state index contributed by atoms with van der Waals surface area (Å²) in [5, 5.41) is 6.87. The average molecular weight is 316 g/mol. The van der Waals surface area contributed by atoms with Gasteiger partial charge in [-0.25, -0.2) is 0 Å². The number of hydrogen-bond acceptors (Lipinski definition) is 3. The number of amides is 1. The van der Waals surface area contributed by atoms with E-state index in [0.29, 0.717) is 16.6 Å². The van der Waals surface area contributed by atoms with Gasteiger partial charge in [0.1, 0.15) is 0 Å². The van der Waals surface area contributed by atoms with Crippen LogP contribution in [0, 0.1) is 13.8 Å². The Bertz CT molecular complexity index is 703. The molecular formula is C17H18ClN3O. The van der Waals surface area contributed by atoms with Crippen LogP contribution in [0.15, 0.2) is 30.6 Å². The van der Waals surface area contributed by atoms with Crippen molar-refractivity contribution in [3.63, 3.8) is 0 Å². The molecule has 1 aliphatic rings. The van der Waals surface area contributed by atoms with Crippen molar-refractivity contribution < 1.29 is 4.79 Å². The van der Waals surface area contributed by atoms with Gasteiger partial charge in [0.05, 0.1) is 28.2 Å². The van der Waals surface area contributed by atoms with Crippen molar-refractivity contribution in [2.24, 2.45) is 0 Å². The number of halogens is 1. The highest BCUT2D eigenvalue weighted by Crippen LogP contribution is 2.30. The number of hydrogen-bond donors (Lipinski definition) is 2. The zero-order valence-electron chi connectivity index (χ0n) is 12.6. The van der Waals surface area contributed by atoms with E-state index in [0.717, 1.165) is 35.3 Å². The van der Waals surface area contributed by atoms with Crippen LogP contribution < -0.4 is 10.6 Å². The van der Waals surface area contributed by atoms with Crippen LogP contribution in [-0.4, -0.2) is 16.9 Å². The number of aryl methyl sites for hydroxylation is 2.